The molecule has 1 saturated carbocycles. The van der Waals surface area contributed by atoms with Crippen molar-refractivity contribution >= 4 is 11.5 Å². The molecular formula is C16H18F3NO2. The number of nitrogens with zero attached hydrogens (tertiary/aromatic N) is 1. The second kappa shape index (κ2) is 6.52. The van der Waals surface area contributed by atoms with Crippen LogP contribution in [0.3, 0.4) is 0 Å². The van der Waals surface area contributed by atoms with Crippen LogP contribution >= 0.6 is 0 Å². The summed E-state index contributed by atoms with van der Waals surface area (Å²) in [7, 11) is 1.39. The summed E-state index contributed by atoms with van der Waals surface area (Å²) in [6, 6.07) is 7.20. The molecule has 0 heterocycles. The molecule has 120 valence electrons. The maximum absolute atomic E-state index is 13.1. The van der Waals surface area contributed by atoms with Crippen LogP contribution in [0.15, 0.2) is 36.4 Å². The van der Waals surface area contributed by atoms with Crippen molar-refractivity contribution in [2.24, 2.45) is 5.92 Å². The second-order valence-electron chi connectivity index (χ2n) is 5.55. The molecule has 1 aliphatic rings. The van der Waals surface area contributed by atoms with Crippen LogP contribution in [0.5, 0.6) is 0 Å². The zero-order chi connectivity index (χ0) is 16.3. The molecule has 0 saturated heterocycles. The Bertz CT molecular complexity index is 550. The van der Waals surface area contributed by atoms with Crippen LogP contribution in [0.4, 0.5) is 13.2 Å². The lowest BCUT2D eigenvalue weighted by Gasteiger charge is -2.20. The molecule has 0 spiro atoms. The maximum Gasteiger partial charge on any atom is 0.417 e. The smallest absolute Gasteiger partial charge is 0.391 e. The number of carbonyl (C=O) groups excluding carboxylic acids is 1. The van der Waals surface area contributed by atoms with Crippen molar-refractivity contribution < 1.29 is 23.1 Å². The van der Waals surface area contributed by atoms with Crippen molar-refractivity contribution in [2.75, 3.05) is 13.6 Å². The van der Waals surface area contributed by atoms with Crippen molar-refractivity contribution in [1.82, 2.24) is 4.90 Å². The fourth-order valence-corrected chi connectivity index (χ4v) is 2.18. The molecule has 1 aliphatic carbocycles. The van der Waals surface area contributed by atoms with Crippen LogP contribution in [-0.2, 0) is 4.79 Å². The van der Waals surface area contributed by atoms with E-state index in [0.29, 0.717) is 6.08 Å². The van der Waals surface area contributed by atoms with E-state index in [2.05, 4.69) is 0 Å². The van der Waals surface area contributed by atoms with Crippen molar-refractivity contribution in [2.45, 2.75) is 25.1 Å². The first-order valence-electron chi connectivity index (χ1n) is 7.06. The van der Waals surface area contributed by atoms with Gasteiger partial charge in [-0.05, 0) is 24.3 Å². The Morgan fingerprint density at radius 1 is 1.36 bits per heavy atom. The van der Waals surface area contributed by atoms with Crippen LogP contribution in [0.1, 0.15) is 18.4 Å². The number of likely N-dealkylation sites (N-methyl/N-ethyl adjacent to an activating group) is 1. The molecule has 1 aromatic rings. The van der Waals surface area contributed by atoms with Gasteiger partial charge in [0.2, 0.25) is 5.91 Å². The Morgan fingerprint density at radius 3 is 2.45 bits per heavy atom. The van der Waals surface area contributed by atoms with Crippen LogP contribution in [-0.4, -0.2) is 41.8 Å². The Morgan fingerprint density at radius 2 is 1.95 bits per heavy atom. The van der Waals surface area contributed by atoms with Crippen LogP contribution in [0.25, 0.3) is 5.57 Å². The number of aliphatic hydroxyl groups excluding tert-OH is 1. The van der Waals surface area contributed by atoms with Gasteiger partial charge in [-0.3, -0.25) is 4.79 Å². The van der Waals surface area contributed by atoms with Crippen LogP contribution < -0.4 is 0 Å². The number of halogens is 3. The van der Waals surface area contributed by atoms with Crippen molar-refractivity contribution in [3.63, 3.8) is 0 Å². The molecule has 1 N–H and O–H groups in total. The first kappa shape index (κ1) is 16.5. The summed E-state index contributed by atoms with van der Waals surface area (Å²) in [4.78, 5) is 13.1. The highest BCUT2D eigenvalue weighted by Gasteiger charge is 2.36. The molecule has 0 aliphatic heterocycles. The van der Waals surface area contributed by atoms with Gasteiger partial charge in [0.25, 0.3) is 0 Å². The monoisotopic (exact) mass is 313 g/mol. The highest BCUT2D eigenvalue weighted by atomic mass is 19.4. The maximum atomic E-state index is 13.1. The summed E-state index contributed by atoms with van der Waals surface area (Å²) < 4.78 is 39.4. The number of rotatable bonds is 5. The van der Waals surface area contributed by atoms with E-state index in [-0.39, 0.29) is 18.0 Å². The predicted octanol–water partition coefficient (Wildman–Crippen LogP) is 2.86. The van der Waals surface area contributed by atoms with Gasteiger partial charge in [-0.1, -0.05) is 30.3 Å². The first-order valence-corrected chi connectivity index (χ1v) is 7.06. The standard InChI is InChI=1S/C16H18F3NO2/c1-20(10-14(21)12-7-8-12)15(22)9-13(16(17,18)19)11-5-3-2-4-6-11/h2-6,9,12,14,21H,7-8,10H2,1H3/b13-9-. The lowest BCUT2D eigenvalue weighted by molar-refractivity contribution is -0.126. The number of aliphatic hydroxyl groups is 1. The number of amides is 1. The molecule has 3 nitrogen and oxygen atoms in total. The number of carbonyl (C=O) groups is 1. The minimum Gasteiger partial charge on any atom is -0.391 e. The van der Waals surface area contributed by atoms with Gasteiger partial charge in [-0.25, -0.2) is 0 Å². The third-order valence-corrected chi connectivity index (χ3v) is 3.66. The zero-order valence-corrected chi connectivity index (χ0v) is 12.2. The molecule has 0 bridgehead atoms. The van der Waals surface area contributed by atoms with Crippen molar-refractivity contribution in [3.05, 3.63) is 42.0 Å². The fraction of sp³-hybridized carbons (Fsp3) is 0.438. The summed E-state index contributed by atoms with van der Waals surface area (Å²) in [5.41, 5.74) is -1.04. The topological polar surface area (TPSA) is 40.5 Å². The third kappa shape index (κ3) is 4.34. The Hall–Kier alpha value is -1.82. The van der Waals surface area contributed by atoms with Crippen LogP contribution in [0.2, 0.25) is 0 Å². The van der Waals surface area contributed by atoms with Gasteiger partial charge in [0.15, 0.2) is 0 Å². The summed E-state index contributed by atoms with van der Waals surface area (Å²) in [5, 5.41) is 9.78. The molecule has 0 aromatic heterocycles. The van der Waals surface area contributed by atoms with Gasteiger partial charge in [0, 0.05) is 19.7 Å². The lowest BCUT2D eigenvalue weighted by atomic mass is 10.0. The lowest BCUT2D eigenvalue weighted by Crippen LogP contribution is -2.34. The number of benzene rings is 1. The highest BCUT2D eigenvalue weighted by Crippen LogP contribution is 2.34. The van der Waals surface area contributed by atoms with Gasteiger partial charge in [0.05, 0.1) is 11.7 Å². The minimum atomic E-state index is -4.62. The molecule has 22 heavy (non-hydrogen) atoms. The molecule has 1 amide bonds. The minimum absolute atomic E-state index is 0.0416. The molecule has 6 heteroatoms. The van der Waals surface area contributed by atoms with E-state index < -0.39 is 23.8 Å². The normalized spacial score (nSPS) is 17.2. The Kier molecular flexibility index (Phi) is 4.90. The van der Waals surface area contributed by atoms with Gasteiger partial charge >= 0.3 is 6.18 Å². The summed E-state index contributed by atoms with van der Waals surface area (Å²) in [6.07, 6.45) is -2.90. The number of allylic oxidation sites excluding steroid dienone is 1. The van der Waals surface area contributed by atoms with E-state index in [1.54, 1.807) is 6.07 Å². The fourth-order valence-electron chi connectivity index (χ4n) is 2.18. The molecule has 1 atom stereocenters. The summed E-state index contributed by atoms with van der Waals surface area (Å²) in [5.74, 6) is -0.605. The number of hydrogen-bond acceptors (Lipinski definition) is 2. The zero-order valence-electron chi connectivity index (χ0n) is 12.2. The molecule has 2 rings (SSSR count). The molecule has 0 radical (unpaired) electrons. The summed E-state index contributed by atoms with van der Waals surface area (Å²) in [6.45, 7) is 0.0416. The van der Waals surface area contributed by atoms with Crippen LogP contribution in [0, 0.1) is 5.92 Å². The largest absolute Gasteiger partial charge is 0.417 e. The second-order valence-corrected chi connectivity index (χ2v) is 5.55. The predicted molar refractivity (Wildman–Crippen MR) is 76.8 cm³/mol. The number of alkyl halides is 3. The van der Waals surface area contributed by atoms with Crippen molar-refractivity contribution in [1.29, 1.82) is 0 Å². The quantitative estimate of drug-likeness (QED) is 0.849. The highest BCUT2D eigenvalue weighted by molar-refractivity contribution is 5.96. The van der Waals surface area contributed by atoms with Gasteiger partial charge < -0.3 is 10.0 Å². The average molecular weight is 313 g/mol. The Labute approximate surface area is 127 Å². The van der Waals surface area contributed by atoms with E-state index in [0.717, 1.165) is 17.7 Å². The SMILES string of the molecule is CN(CC(O)C1CC1)C(=O)/C=C(/c1ccccc1)C(F)(F)F. The van der Waals surface area contributed by atoms with Gasteiger partial charge in [-0.15, -0.1) is 0 Å². The molecule has 1 aromatic carbocycles. The van der Waals surface area contributed by atoms with E-state index >= 15 is 0 Å². The number of hydrogen-bond donors (Lipinski definition) is 1. The molecule has 1 unspecified atom stereocenters. The van der Waals surface area contributed by atoms with E-state index in [1.807, 2.05) is 0 Å². The van der Waals surface area contributed by atoms with Gasteiger partial charge in [0.1, 0.15) is 0 Å². The first-order chi connectivity index (χ1) is 10.3. The van der Waals surface area contributed by atoms with E-state index in [1.165, 1.54) is 31.3 Å². The van der Waals surface area contributed by atoms with Gasteiger partial charge in [-0.2, -0.15) is 13.2 Å². The average Bonchev–Trinajstić information content (AvgIpc) is 3.28. The molecular weight excluding hydrogens is 295 g/mol. The molecule has 1 fully saturated rings. The van der Waals surface area contributed by atoms with E-state index in [9.17, 15) is 23.1 Å². The third-order valence-electron chi connectivity index (χ3n) is 3.66. The van der Waals surface area contributed by atoms with E-state index in [4.69, 9.17) is 0 Å². The Balaban J connectivity index is 2.16. The summed E-state index contributed by atoms with van der Waals surface area (Å²) >= 11 is 0. The van der Waals surface area contributed by atoms with Crippen molar-refractivity contribution in [3.8, 4) is 0 Å².